The summed E-state index contributed by atoms with van der Waals surface area (Å²) in [6, 6.07) is 9.03. The van der Waals surface area contributed by atoms with Gasteiger partial charge in [-0.2, -0.15) is 18.3 Å². The molecule has 2 amide bonds. The van der Waals surface area contributed by atoms with Crippen LogP contribution >= 0.6 is 0 Å². The molecule has 0 unspecified atom stereocenters. The Kier molecular flexibility index (Phi) is 3.66. The Morgan fingerprint density at radius 1 is 0.926 bits per heavy atom. The molecule has 0 radical (unpaired) electrons. The number of amides is 2. The zero-order chi connectivity index (χ0) is 19.3. The highest BCUT2D eigenvalue weighted by molar-refractivity contribution is 6.35. The topological polar surface area (TPSA) is 55.2 Å². The summed E-state index contributed by atoms with van der Waals surface area (Å²) in [5.41, 5.74) is 0.166. The summed E-state index contributed by atoms with van der Waals surface area (Å²) in [5, 5.41) is 4.10. The maximum absolute atomic E-state index is 13.2. The van der Waals surface area contributed by atoms with E-state index in [2.05, 4.69) is 5.10 Å². The Hall–Kier alpha value is -3.42. The maximum atomic E-state index is 13.2. The third kappa shape index (κ3) is 2.69. The SMILES string of the molecule is Cc1cnn(-c2ccc(C(F)(F)F)cc2N2C(=O)c3ccccc3C2=O)c1. The molecular weight excluding hydrogens is 359 g/mol. The van der Waals surface area contributed by atoms with Crippen molar-refractivity contribution in [1.82, 2.24) is 9.78 Å². The van der Waals surface area contributed by atoms with Crippen molar-refractivity contribution in [3.8, 4) is 5.69 Å². The lowest BCUT2D eigenvalue weighted by Crippen LogP contribution is -2.31. The maximum Gasteiger partial charge on any atom is 0.416 e. The second kappa shape index (κ2) is 5.80. The molecule has 0 saturated carbocycles. The molecule has 1 aromatic heterocycles. The molecule has 5 nitrogen and oxygen atoms in total. The number of anilines is 1. The highest BCUT2D eigenvalue weighted by Crippen LogP contribution is 2.37. The summed E-state index contributed by atoms with van der Waals surface area (Å²) in [4.78, 5) is 26.3. The van der Waals surface area contributed by atoms with E-state index >= 15 is 0 Å². The molecule has 3 aromatic rings. The number of imide groups is 1. The molecule has 136 valence electrons. The van der Waals surface area contributed by atoms with Crippen molar-refractivity contribution in [3.05, 3.63) is 77.1 Å². The molecule has 0 N–H and O–H groups in total. The average Bonchev–Trinajstić information content (AvgIpc) is 3.16. The van der Waals surface area contributed by atoms with Gasteiger partial charge in [0.2, 0.25) is 0 Å². The normalized spacial score (nSPS) is 14.0. The first kappa shape index (κ1) is 17.0. The number of aromatic nitrogens is 2. The third-order valence-corrected chi connectivity index (χ3v) is 4.30. The van der Waals surface area contributed by atoms with Gasteiger partial charge in [-0.3, -0.25) is 9.59 Å². The first-order valence-corrected chi connectivity index (χ1v) is 7.98. The van der Waals surface area contributed by atoms with Crippen LogP contribution in [0.5, 0.6) is 0 Å². The Balaban J connectivity index is 1.93. The van der Waals surface area contributed by atoms with Gasteiger partial charge in [0.25, 0.3) is 11.8 Å². The largest absolute Gasteiger partial charge is 0.416 e. The number of carbonyl (C=O) groups is 2. The van der Waals surface area contributed by atoms with Crippen molar-refractivity contribution in [2.45, 2.75) is 13.1 Å². The van der Waals surface area contributed by atoms with Gasteiger partial charge in [-0.1, -0.05) is 12.1 Å². The number of carbonyl (C=O) groups excluding carboxylic acids is 2. The van der Waals surface area contributed by atoms with Gasteiger partial charge in [-0.05, 0) is 42.8 Å². The van der Waals surface area contributed by atoms with E-state index in [0.717, 1.165) is 22.6 Å². The summed E-state index contributed by atoms with van der Waals surface area (Å²) >= 11 is 0. The first-order valence-electron chi connectivity index (χ1n) is 7.98. The molecule has 2 heterocycles. The van der Waals surface area contributed by atoms with Crippen LogP contribution in [0.15, 0.2) is 54.9 Å². The Morgan fingerprint density at radius 3 is 2.07 bits per heavy atom. The van der Waals surface area contributed by atoms with Gasteiger partial charge in [0.05, 0.1) is 34.3 Å². The molecule has 0 aliphatic carbocycles. The highest BCUT2D eigenvalue weighted by Gasteiger charge is 2.39. The number of hydrogen-bond acceptors (Lipinski definition) is 3. The zero-order valence-electron chi connectivity index (χ0n) is 14.0. The molecule has 0 saturated heterocycles. The predicted octanol–water partition coefficient (Wildman–Crippen LogP) is 4.00. The minimum atomic E-state index is -4.62. The van der Waals surface area contributed by atoms with Gasteiger partial charge in [0.15, 0.2) is 0 Å². The lowest BCUT2D eigenvalue weighted by atomic mass is 10.1. The van der Waals surface area contributed by atoms with Crippen LogP contribution in [-0.4, -0.2) is 21.6 Å². The van der Waals surface area contributed by atoms with Crippen molar-refractivity contribution in [1.29, 1.82) is 0 Å². The summed E-state index contributed by atoms with van der Waals surface area (Å²) in [5.74, 6) is -1.33. The fourth-order valence-electron chi connectivity index (χ4n) is 3.03. The number of fused-ring (bicyclic) bond motifs is 1. The number of nitrogens with zero attached hydrogens (tertiary/aromatic N) is 3. The molecule has 1 aliphatic heterocycles. The summed E-state index contributed by atoms with van der Waals surface area (Å²) in [7, 11) is 0. The monoisotopic (exact) mass is 371 g/mol. The Bertz CT molecular complexity index is 1050. The number of benzene rings is 2. The van der Waals surface area contributed by atoms with E-state index in [-0.39, 0.29) is 22.5 Å². The molecule has 0 atom stereocenters. The van der Waals surface area contributed by atoms with Gasteiger partial charge in [-0.15, -0.1) is 0 Å². The van der Waals surface area contributed by atoms with E-state index in [1.807, 2.05) is 0 Å². The van der Waals surface area contributed by atoms with E-state index in [9.17, 15) is 22.8 Å². The van der Waals surface area contributed by atoms with Crippen LogP contribution in [0.3, 0.4) is 0 Å². The summed E-state index contributed by atoms with van der Waals surface area (Å²) < 4.78 is 41.1. The van der Waals surface area contributed by atoms with Crippen LogP contribution in [0.25, 0.3) is 5.69 Å². The fraction of sp³-hybridized carbons (Fsp3) is 0.105. The van der Waals surface area contributed by atoms with Crippen LogP contribution in [0, 0.1) is 6.92 Å². The molecule has 2 aromatic carbocycles. The number of hydrogen-bond donors (Lipinski definition) is 0. The smallest absolute Gasteiger partial charge is 0.268 e. The van der Waals surface area contributed by atoms with Gasteiger partial charge in [0.1, 0.15) is 0 Å². The van der Waals surface area contributed by atoms with Crippen LogP contribution in [0.2, 0.25) is 0 Å². The lowest BCUT2D eigenvalue weighted by Gasteiger charge is -2.20. The Morgan fingerprint density at radius 2 is 1.56 bits per heavy atom. The quantitative estimate of drug-likeness (QED) is 0.640. The van der Waals surface area contributed by atoms with E-state index in [0.29, 0.717) is 0 Å². The van der Waals surface area contributed by atoms with Gasteiger partial charge in [-0.25, -0.2) is 9.58 Å². The highest BCUT2D eigenvalue weighted by atomic mass is 19.4. The van der Waals surface area contributed by atoms with Crippen LogP contribution in [0.1, 0.15) is 31.8 Å². The van der Waals surface area contributed by atoms with Crippen molar-refractivity contribution in [2.75, 3.05) is 4.90 Å². The molecular formula is C19H12F3N3O2. The second-order valence-electron chi connectivity index (χ2n) is 6.15. The molecule has 1 aliphatic rings. The van der Waals surface area contributed by atoms with Gasteiger partial charge in [0, 0.05) is 6.20 Å². The third-order valence-electron chi connectivity index (χ3n) is 4.30. The summed E-state index contributed by atoms with van der Waals surface area (Å²) in [6.07, 6.45) is -1.49. The van der Waals surface area contributed by atoms with E-state index in [1.165, 1.54) is 29.1 Å². The molecule has 0 fully saturated rings. The van der Waals surface area contributed by atoms with Gasteiger partial charge < -0.3 is 0 Å². The molecule has 4 rings (SSSR count). The first-order chi connectivity index (χ1) is 12.8. The average molecular weight is 371 g/mol. The van der Waals surface area contributed by atoms with E-state index in [1.54, 1.807) is 25.3 Å². The van der Waals surface area contributed by atoms with Crippen LogP contribution in [0.4, 0.5) is 18.9 Å². The van der Waals surface area contributed by atoms with Gasteiger partial charge >= 0.3 is 6.18 Å². The Labute approximate surface area is 151 Å². The van der Waals surface area contributed by atoms with E-state index < -0.39 is 23.6 Å². The van der Waals surface area contributed by atoms with Crippen molar-refractivity contribution in [2.24, 2.45) is 0 Å². The molecule has 8 heteroatoms. The minimum Gasteiger partial charge on any atom is -0.268 e. The molecule has 0 bridgehead atoms. The number of aryl methyl sites for hydroxylation is 1. The van der Waals surface area contributed by atoms with Crippen molar-refractivity contribution in [3.63, 3.8) is 0 Å². The standard InChI is InChI=1S/C19H12F3N3O2/c1-11-9-23-24(10-11)15-7-6-12(19(20,21)22)8-16(15)25-17(26)13-4-2-3-5-14(13)18(25)27/h2-10H,1H3. The van der Waals surface area contributed by atoms with Crippen molar-refractivity contribution >= 4 is 17.5 Å². The zero-order valence-corrected chi connectivity index (χ0v) is 14.0. The fourth-order valence-corrected chi connectivity index (χ4v) is 3.03. The summed E-state index contributed by atoms with van der Waals surface area (Å²) in [6.45, 7) is 1.77. The lowest BCUT2D eigenvalue weighted by molar-refractivity contribution is -0.137. The second-order valence-corrected chi connectivity index (χ2v) is 6.15. The van der Waals surface area contributed by atoms with Crippen LogP contribution < -0.4 is 4.90 Å². The van der Waals surface area contributed by atoms with Crippen LogP contribution in [-0.2, 0) is 6.18 Å². The van der Waals surface area contributed by atoms with E-state index in [4.69, 9.17) is 0 Å². The molecule has 0 spiro atoms. The minimum absolute atomic E-state index is 0.155. The van der Waals surface area contributed by atoms with Crippen molar-refractivity contribution < 1.29 is 22.8 Å². The molecule has 27 heavy (non-hydrogen) atoms. The number of alkyl halides is 3. The predicted molar refractivity (Wildman–Crippen MR) is 90.9 cm³/mol. The number of rotatable bonds is 2. The number of halogens is 3.